The lowest BCUT2D eigenvalue weighted by Crippen LogP contribution is -2.28. The molecule has 7 nitrogen and oxygen atoms in total. The highest BCUT2D eigenvalue weighted by molar-refractivity contribution is 5.85. The fourth-order valence-electron chi connectivity index (χ4n) is 5.43. The number of nitrogens with zero attached hydrogens (tertiary/aromatic N) is 5. The average Bonchev–Trinajstić information content (AvgIpc) is 3.88. The predicted octanol–water partition coefficient (Wildman–Crippen LogP) is 7.61. The molecule has 44 heavy (non-hydrogen) atoms. The lowest BCUT2D eigenvalue weighted by molar-refractivity contribution is -0.143. The van der Waals surface area contributed by atoms with Crippen LogP contribution in [0.4, 0.5) is 51.3 Å². The van der Waals surface area contributed by atoms with Crippen molar-refractivity contribution in [3.63, 3.8) is 0 Å². The van der Waals surface area contributed by atoms with Crippen LogP contribution in [-0.2, 0) is 31.6 Å². The molecule has 0 amide bonds. The van der Waals surface area contributed by atoms with Crippen LogP contribution in [0.5, 0.6) is 0 Å². The molecule has 2 N–H and O–H groups in total. The maximum Gasteiger partial charge on any atom is 0.418 e. The van der Waals surface area contributed by atoms with Crippen molar-refractivity contribution in [2.24, 2.45) is 11.8 Å². The number of tetrazole rings is 1. The summed E-state index contributed by atoms with van der Waals surface area (Å²) in [5.41, 5.74) is -4.17. The monoisotopic (exact) mass is 629 g/mol. The highest BCUT2D eigenvalue weighted by atomic mass is 19.4. The van der Waals surface area contributed by atoms with Gasteiger partial charge in [-0.15, -0.1) is 5.10 Å². The molecule has 0 atom stereocenters. The second-order valence-electron chi connectivity index (χ2n) is 11.2. The Balaban J connectivity index is 1.43. The number of nitrogens with one attached hydrogen (secondary N) is 2. The van der Waals surface area contributed by atoms with Crippen molar-refractivity contribution in [3.8, 4) is 0 Å². The number of benzene rings is 2. The molecular weight excluding hydrogens is 605 g/mol. The Kier molecular flexibility index (Phi) is 7.35. The summed E-state index contributed by atoms with van der Waals surface area (Å²) in [5.74, 6) is 0.647. The quantitative estimate of drug-likeness (QED) is 0.186. The van der Waals surface area contributed by atoms with Crippen LogP contribution in [0.15, 0.2) is 42.5 Å². The average molecular weight is 630 g/mol. The van der Waals surface area contributed by atoms with Crippen molar-refractivity contribution in [3.05, 3.63) is 70.3 Å². The molecule has 0 unspecified atom stereocenters. The molecule has 16 heteroatoms. The molecule has 0 bridgehead atoms. The Bertz CT molecular complexity index is 1600. The minimum absolute atomic E-state index is 0.0333. The minimum atomic E-state index is -5.05. The number of hydrogen-bond donors (Lipinski definition) is 2. The van der Waals surface area contributed by atoms with Crippen LogP contribution in [0, 0.1) is 11.8 Å². The fraction of sp³-hybridized carbons (Fsp3) is 0.429. The second-order valence-corrected chi connectivity index (χ2v) is 11.2. The number of hydrogen-bond acceptors (Lipinski definition) is 6. The summed E-state index contributed by atoms with van der Waals surface area (Å²) in [6, 6.07) is 6.30. The summed E-state index contributed by atoms with van der Waals surface area (Å²) in [6.45, 7) is -0.734. The molecule has 2 saturated carbocycles. The van der Waals surface area contributed by atoms with Crippen molar-refractivity contribution in [1.29, 1.82) is 0 Å². The standard InChI is InChI=1S/C28H24F9N7/c29-26(30,31)19-8-14(9-20(11-19)27(32,33)34)12-44(25-40-42-43-41-25)13-18-10-17-2-1-3-21(28(35,36)37)23(17)39-24(18)38-22(15-4-5-15)16-6-7-16/h1-3,8-11,15-16,22H,4-7,12-13H2,(H,38,39)(H,40,41,42,43). The summed E-state index contributed by atoms with van der Waals surface area (Å²) in [4.78, 5) is 5.70. The number of anilines is 2. The topological polar surface area (TPSA) is 82.6 Å². The Morgan fingerprint density at radius 3 is 1.98 bits per heavy atom. The van der Waals surface area contributed by atoms with E-state index in [0.29, 0.717) is 29.5 Å². The molecule has 0 radical (unpaired) electrons. The van der Waals surface area contributed by atoms with Crippen LogP contribution in [0.2, 0.25) is 0 Å². The smallest absolute Gasteiger partial charge is 0.366 e. The van der Waals surface area contributed by atoms with Crippen molar-refractivity contribution < 1.29 is 39.5 Å². The zero-order valence-electron chi connectivity index (χ0n) is 22.7. The van der Waals surface area contributed by atoms with Crippen molar-refractivity contribution in [1.82, 2.24) is 25.6 Å². The Morgan fingerprint density at radius 1 is 0.818 bits per heavy atom. The van der Waals surface area contributed by atoms with Gasteiger partial charge in [0.05, 0.1) is 22.2 Å². The summed E-state index contributed by atoms with van der Waals surface area (Å²) in [7, 11) is 0. The molecule has 0 spiro atoms. The molecule has 4 aromatic rings. The molecule has 2 aromatic heterocycles. The predicted molar refractivity (Wildman–Crippen MR) is 140 cm³/mol. The number of fused-ring (bicyclic) bond motifs is 1. The lowest BCUT2D eigenvalue weighted by Gasteiger charge is -2.26. The molecule has 2 fully saturated rings. The minimum Gasteiger partial charge on any atom is -0.366 e. The summed E-state index contributed by atoms with van der Waals surface area (Å²) in [5, 5.41) is 16.9. The van der Waals surface area contributed by atoms with Gasteiger partial charge in [0.15, 0.2) is 0 Å². The first kappa shape index (κ1) is 29.9. The van der Waals surface area contributed by atoms with Gasteiger partial charge in [-0.25, -0.2) is 4.98 Å². The van der Waals surface area contributed by atoms with E-state index in [1.807, 2.05) is 0 Å². The fourth-order valence-corrected chi connectivity index (χ4v) is 5.43. The largest absolute Gasteiger partial charge is 0.418 e. The van der Waals surface area contributed by atoms with E-state index in [9.17, 15) is 39.5 Å². The third-order valence-corrected chi connectivity index (χ3v) is 7.79. The normalized spacial score (nSPS) is 16.1. The van der Waals surface area contributed by atoms with Gasteiger partial charge < -0.3 is 10.2 Å². The molecule has 2 heterocycles. The van der Waals surface area contributed by atoms with Crippen LogP contribution in [-0.4, -0.2) is 31.6 Å². The van der Waals surface area contributed by atoms with Gasteiger partial charge in [0.2, 0.25) is 0 Å². The molecule has 234 valence electrons. The zero-order chi connectivity index (χ0) is 31.4. The van der Waals surface area contributed by atoms with Gasteiger partial charge in [0, 0.05) is 30.1 Å². The lowest BCUT2D eigenvalue weighted by atomic mass is 10.0. The highest BCUT2D eigenvalue weighted by Gasteiger charge is 2.42. The van der Waals surface area contributed by atoms with E-state index in [0.717, 1.165) is 31.7 Å². The van der Waals surface area contributed by atoms with E-state index in [1.165, 1.54) is 23.1 Å². The maximum absolute atomic E-state index is 13.9. The number of halogens is 9. The van der Waals surface area contributed by atoms with Crippen molar-refractivity contribution in [2.75, 3.05) is 10.2 Å². The number of rotatable bonds is 9. The van der Waals surface area contributed by atoms with E-state index >= 15 is 0 Å². The van der Waals surface area contributed by atoms with Gasteiger partial charge in [0.25, 0.3) is 5.95 Å². The van der Waals surface area contributed by atoms with Crippen molar-refractivity contribution in [2.45, 2.75) is 63.3 Å². The van der Waals surface area contributed by atoms with E-state index in [1.54, 1.807) is 0 Å². The van der Waals surface area contributed by atoms with Crippen molar-refractivity contribution >= 4 is 22.7 Å². The molecule has 0 saturated heterocycles. The van der Waals surface area contributed by atoms with Gasteiger partial charge in [-0.2, -0.15) is 44.7 Å². The Morgan fingerprint density at radius 2 is 1.45 bits per heavy atom. The summed E-state index contributed by atoms with van der Waals surface area (Å²) in [6.07, 6.45) is -11.0. The summed E-state index contributed by atoms with van der Waals surface area (Å²) < 4.78 is 123. The number of aromatic amines is 1. The van der Waals surface area contributed by atoms with Gasteiger partial charge >= 0.3 is 18.5 Å². The molecule has 2 aliphatic rings. The highest BCUT2D eigenvalue weighted by Crippen LogP contribution is 2.46. The van der Waals surface area contributed by atoms with E-state index in [2.05, 4.69) is 30.9 Å². The van der Waals surface area contributed by atoms with E-state index in [4.69, 9.17) is 0 Å². The molecular formula is C28H24F9N7. The van der Waals surface area contributed by atoms with Crippen LogP contribution in [0.3, 0.4) is 0 Å². The first-order chi connectivity index (χ1) is 20.7. The molecule has 2 aromatic carbocycles. The summed E-state index contributed by atoms with van der Waals surface area (Å²) >= 11 is 0. The third-order valence-electron chi connectivity index (χ3n) is 7.79. The number of aromatic nitrogens is 5. The number of pyridine rings is 1. The Hall–Kier alpha value is -4.11. The van der Waals surface area contributed by atoms with Crippen LogP contribution in [0.25, 0.3) is 10.9 Å². The number of alkyl halides is 9. The Labute approximate surface area is 243 Å². The van der Waals surface area contributed by atoms with Crippen LogP contribution < -0.4 is 10.2 Å². The first-order valence-electron chi connectivity index (χ1n) is 13.7. The third kappa shape index (κ3) is 6.53. The van der Waals surface area contributed by atoms with Gasteiger partial charge in [0.1, 0.15) is 5.82 Å². The SMILES string of the molecule is FC(F)(F)c1cc(CN(Cc2cc3cccc(C(F)(F)F)c3nc2NC(C2CC2)C2CC2)c2nn[nH]n2)cc(C(F)(F)F)c1. The molecule has 6 rings (SSSR count). The maximum atomic E-state index is 13.9. The zero-order valence-corrected chi connectivity index (χ0v) is 22.7. The first-order valence-corrected chi connectivity index (χ1v) is 13.7. The van der Waals surface area contributed by atoms with Crippen LogP contribution >= 0.6 is 0 Å². The van der Waals surface area contributed by atoms with E-state index in [-0.39, 0.29) is 46.9 Å². The number of H-pyrrole nitrogens is 1. The molecule has 2 aliphatic carbocycles. The number of para-hydroxylation sites is 1. The molecule has 0 aliphatic heterocycles. The van der Waals surface area contributed by atoms with E-state index < -0.39 is 41.8 Å². The van der Waals surface area contributed by atoms with Gasteiger partial charge in [-0.3, -0.25) is 0 Å². The second kappa shape index (κ2) is 10.8. The van der Waals surface area contributed by atoms with Gasteiger partial charge in [-0.1, -0.05) is 17.2 Å². The van der Waals surface area contributed by atoms with Gasteiger partial charge in [-0.05, 0) is 78.6 Å². The van der Waals surface area contributed by atoms with Crippen LogP contribution in [0.1, 0.15) is 53.5 Å².